The van der Waals surface area contributed by atoms with Crippen molar-refractivity contribution in [2.24, 2.45) is 4.99 Å². The van der Waals surface area contributed by atoms with Crippen LogP contribution in [0.1, 0.15) is 30.4 Å². The van der Waals surface area contributed by atoms with E-state index in [0.717, 1.165) is 11.8 Å². The van der Waals surface area contributed by atoms with E-state index in [4.69, 9.17) is 9.47 Å². The minimum absolute atomic E-state index is 0.189. The predicted octanol–water partition coefficient (Wildman–Crippen LogP) is 3.13. The maximum atomic E-state index is 12.6. The van der Waals surface area contributed by atoms with Gasteiger partial charge in [0.05, 0.1) is 7.11 Å². The van der Waals surface area contributed by atoms with Gasteiger partial charge in [-0.2, -0.15) is 0 Å². The summed E-state index contributed by atoms with van der Waals surface area (Å²) in [5.41, 5.74) is 0.432. The van der Waals surface area contributed by atoms with Gasteiger partial charge in [-0.05, 0) is 36.8 Å². The van der Waals surface area contributed by atoms with E-state index in [-0.39, 0.29) is 18.2 Å². The number of cyclic esters (lactones) is 1. The number of esters is 1. The SMILES string of the molecule is COc1ccc(C2=N[C@](C)([C@@H](CC=O)c3ccccc3)C(=O)O2)cc1. The fourth-order valence-corrected chi connectivity index (χ4v) is 3.02. The molecule has 5 nitrogen and oxygen atoms in total. The molecule has 3 rings (SSSR count). The number of ether oxygens (including phenoxy) is 2. The first-order valence-electron chi connectivity index (χ1n) is 8.03. The number of hydrogen-bond donors (Lipinski definition) is 0. The first-order chi connectivity index (χ1) is 12.1. The molecule has 0 spiro atoms. The van der Waals surface area contributed by atoms with Crippen LogP contribution in [0, 0.1) is 0 Å². The molecule has 0 bridgehead atoms. The van der Waals surface area contributed by atoms with Crippen molar-refractivity contribution in [1.29, 1.82) is 0 Å². The second-order valence-electron chi connectivity index (χ2n) is 6.05. The molecule has 2 aromatic rings. The maximum absolute atomic E-state index is 12.6. The zero-order valence-corrected chi connectivity index (χ0v) is 14.1. The predicted molar refractivity (Wildman–Crippen MR) is 93.9 cm³/mol. The quantitative estimate of drug-likeness (QED) is 0.600. The molecular weight excluding hydrogens is 318 g/mol. The molecule has 0 saturated heterocycles. The molecule has 0 saturated carbocycles. The molecule has 0 N–H and O–H groups in total. The zero-order chi connectivity index (χ0) is 17.9. The summed E-state index contributed by atoms with van der Waals surface area (Å²) in [6, 6.07) is 16.6. The first kappa shape index (κ1) is 16.9. The Bertz CT molecular complexity index is 798. The number of methoxy groups -OCH3 is 1. The number of carbonyl (C=O) groups excluding carboxylic acids is 2. The minimum atomic E-state index is -1.14. The van der Waals surface area contributed by atoms with Gasteiger partial charge in [0.2, 0.25) is 5.90 Å². The zero-order valence-electron chi connectivity index (χ0n) is 14.1. The molecule has 128 valence electrons. The molecule has 1 aliphatic heterocycles. The number of carbonyl (C=O) groups is 2. The Hall–Kier alpha value is -2.95. The smallest absolute Gasteiger partial charge is 0.341 e. The molecular formula is C20H19NO4. The van der Waals surface area contributed by atoms with Crippen LogP contribution in [0.5, 0.6) is 5.75 Å². The van der Waals surface area contributed by atoms with Crippen LogP contribution in [0.25, 0.3) is 0 Å². The lowest BCUT2D eigenvalue weighted by Gasteiger charge is -2.26. The van der Waals surface area contributed by atoms with E-state index in [1.54, 1.807) is 38.3 Å². The highest BCUT2D eigenvalue weighted by Crippen LogP contribution is 2.38. The van der Waals surface area contributed by atoms with E-state index in [1.807, 2.05) is 30.3 Å². The Balaban J connectivity index is 1.98. The lowest BCUT2D eigenvalue weighted by Crippen LogP contribution is -2.37. The van der Waals surface area contributed by atoms with Gasteiger partial charge in [-0.1, -0.05) is 30.3 Å². The molecule has 2 aromatic carbocycles. The van der Waals surface area contributed by atoms with Crippen molar-refractivity contribution in [3.05, 3.63) is 65.7 Å². The van der Waals surface area contributed by atoms with Crippen molar-refractivity contribution >= 4 is 18.2 Å². The first-order valence-corrected chi connectivity index (χ1v) is 8.03. The van der Waals surface area contributed by atoms with Crippen molar-refractivity contribution in [2.45, 2.75) is 24.8 Å². The molecule has 0 amide bonds. The highest BCUT2D eigenvalue weighted by molar-refractivity contribution is 6.08. The Labute approximate surface area is 146 Å². The van der Waals surface area contributed by atoms with E-state index in [2.05, 4.69) is 4.99 Å². The molecule has 2 atom stereocenters. The van der Waals surface area contributed by atoms with Crippen LogP contribution in [-0.2, 0) is 14.3 Å². The van der Waals surface area contributed by atoms with Crippen LogP contribution < -0.4 is 4.74 Å². The molecule has 0 fully saturated rings. The van der Waals surface area contributed by atoms with Crippen LogP contribution in [0.3, 0.4) is 0 Å². The third kappa shape index (κ3) is 3.18. The summed E-state index contributed by atoms with van der Waals surface area (Å²) in [7, 11) is 1.59. The monoisotopic (exact) mass is 337 g/mol. The highest BCUT2D eigenvalue weighted by Gasteiger charge is 2.48. The van der Waals surface area contributed by atoms with Crippen molar-refractivity contribution in [1.82, 2.24) is 0 Å². The number of hydrogen-bond acceptors (Lipinski definition) is 5. The molecule has 0 radical (unpaired) electrons. The van der Waals surface area contributed by atoms with Crippen LogP contribution in [0.2, 0.25) is 0 Å². The van der Waals surface area contributed by atoms with Gasteiger partial charge >= 0.3 is 5.97 Å². The Morgan fingerprint density at radius 2 is 1.84 bits per heavy atom. The fraction of sp³-hybridized carbons (Fsp3) is 0.250. The van der Waals surface area contributed by atoms with E-state index in [1.165, 1.54) is 0 Å². The standard InChI is InChI=1S/C20H19NO4/c1-20(17(12-13-22)14-6-4-3-5-7-14)19(23)25-18(21-20)15-8-10-16(24-2)11-9-15/h3-11,13,17H,12H2,1-2H3/t17-,20+/m0/s1. The van der Waals surface area contributed by atoms with Crippen LogP contribution in [-0.4, -0.2) is 30.8 Å². The van der Waals surface area contributed by atoms with Crippen molar-refractivity contribution < 1.29 is 19.1 Å². The van der Waals surface area contributed by atoms with Crippen LogP contribution >= 0.6 is 0 Å². The van der Waals surface area contributed by atoms with Crippen molar-refractivity contribution in [2.75, 3.05) is 7.11 Å². The average Bonchev–Trinajstić information content (AvgIpc) is 2.96. The summed E-state index contributed by atoms with van der Waals surface area (Å²) in [4.78, 5) is 28.4. The van der Waals surface area contributed by atoms with Crippen LogP contribution in [0.15, 0.2) is 59.6 Å². The second-order valence-corrected chi connectivity index (χ2v) is 6.05. The molecule has 0 aromatic heterocycles. The fourth-order valence-electron chi connectivity index (χ4n) is 3.02. The lowest BCUT2D eigenvalue weighted by molar-refractivity contribution is -0.139. The molecule has 1 aliphatic rings. The van der Waals surface area contributed by atoms with Gasteiger partial charge in [-0.15, -0.1) is 0 Å². The number of benzene rings is 2. The summed E-state index contributed by atoms with van der Waals surface area (Å²) in [5.74, 6) is 0.144. The molecule has 0 aliphatic carbocycles. The number of rotatable bonds is 6. The molecule has 25 heavy (non-hydrogen) atoms. The van der Waals surface area contributed by atoms with Gasteiger partial charge < -0.3 is 14.3 Å². The van der Waals surface area contributed by atoms with Crippen molar-refractivity contribution in [3.63, 3.8) is 0 Å². The lowest BCUT2D eigenvalue weighted by atomic mass is 9.79. The summed E-state index contributed by atoms with van der Waals surface area (Å²) in [6.45, 7) is 1.72. The van der Waals surface area contributed by atoms with Gasteiger partial charge in [0.1, 0.15) is 12.0 Å². The third-order valence-corrected chi connectivity index (χ3v) is 4.49. The van der Waals surface area contributed by atoms with Gasteiger partial charge in [0.15, 0.2) is 5.54 Å². The van der Waals surface area contributed by atoms with E-state index >= 15 is 0 Å². The van der Waals surface area contributed by atoms with E-state index in [0.29, 0.717) is 11.3 Å². The van der Waals surface area contributed by atoms with Gasteiger partial charge in [0.25, 0.3) is 0 Å². The average molecular weight is 337 g/mol. The summed E-state index contributed by atoms with van der Waals surface area (Å²) in [5, 5.41) is 0. The summed E-state index contributed by atoms with van der Waals surface area (Å²) in [6.07, 6.45) is 1.01. The highest BCUT2D eigenvalue weighted by atomic mass is 16.6. The third-order valence-electron chi connectivity index (χ3n) is 4.49. The minimum Gasteiger partial charge on any atom is -0.497 e. The number of aliphatic imine (C=N–C) groups is 1. The van der Waals surface area contributed by atoms with Gasteiger partial charge in [-0.3, -0.25) is 0 Å². The number of aldehydes is 1. The van der Waals surface area contributed by atoms with E-state index < -0.39 is 11.5 Å². The topological polar surface area (TPSA) is 65.0 Å². The second kappa shape index (κ2) is 6.89. The largest absolute Gasteiger partial charge is 0.497 e. The van der Waals surface area contributed by atoms with Gasteiger partial charge in [0, 0.05) is 17.9 Å². The Morgan fingerprint density at radius 3 is 2.44 bits per heavy atom. The molecule has 1 heterocycles. The normalized spacial score (nSPS) is 20.6. The summed E-state index contributed by atoms with van der Waals surface area (Å²) >= 11 is 0. The van der Waals surface area contributed by atoms with Gasteiger partial charge in [-0.25, -0.2) is 9.79 Å². The Morgan fingerprint density at radius 1 is 1.16 bits per heavy atom. The molecule has 0 unspecified atom stereocenters. The van der Waals surface area contributed by atoms with Crippen LogP contribution in [0.4, 0.5) is 0 Å². The van der Waals surface area contributed by atoms with Crippen molar-refractivity contribution in [3.8, 4) is 5.75 Å². The maximum Gasteiger partial charge on any atom is 0.341 e. The summed E-state index contributed by atoms with van der Waals surface area (Å²) < 4.78 is 10.6. The number of nitrogens with zero attached hydrogens (tertiary/aromatic N) is 1. The molecule has 5 heteroatoms. The van der Waals surface area contributed by atoms with E-state index in [9.17, 15) is 9.59 Å². The Kier molecular flexibility index (Phi) is 4.65.